The minimum Gasteiger partial charge on any atom is -0.351 e. The van der Waals surface area contributed by atoms with Gasteiger partial charge < -0.3 is 9.88 Å². The van der Waals surface area contributed by atoms with Gasteiger partial charge in [-0.3, -0.25) is 4.79 Å². The summed E-state index contributed by atoms with van der Waals surface area (Å²) in [6, 6.07) is 0.577. The molecule has 0 saturated heterocycles. The maximum Gasteiger partial charge on any atom is 0.230 e. The molecule has 2 saturated carbocycles. The number of amides is 1. The molecular formula is C15H24N4OS. The largest absolute Gasteiger partial charge is 0.351 e. The summed E-state index contributed by atoms with van der Waals surface area (Å²) in [6.07, 6.45) is 5.84. The summed E-state index contributed by atoms with van der Waals surface area (Å²) in [6.45, 7) is 6.18. The summed E-state index contributed by atoms with van der Waals surface area (Å²) in [5.74, 6) is 2.25. The summed E-state index contributed by atoms with van der Waals surface area (Å²) in [4.78, 5) is 12.1. The van der Waals surface area contributed by atoms with E-state index in [1.54, 1.807) is 0 Å². The topological polar surface area (TPSA) is 59.8 Å². The molecule has 1 aromatic heterocycles. The molecule has 3 rings (SSSR count). The minimum atomic E-state index is -0.138. The Morgan fingerprint density at radius 1 is 1.33 bits per heavy atom. The number of carbonyl (C=O) groups excluding carboxylic acids is 1. The van der Waals surface area contributed by atoms with E-state index in [1.165, 1.54) is 37.4 Å². The third kappa shape index (κ3) is 3.59. The molecule has 0 aliphatic heterocycles. The van der Waals surface area contributed by atoms with Gasteiger partial charge in [0.15, 0.2) is 5.16 Å². The molecule has 1 heterocycles. The molecular weight excluding hydrogens is 284 g/mol. The normalized spacial score (nSPS) is 18.8. The van der Waals surface area contributed by atoms with Gasteiger partial charge in [0, 0.05) is 17.5 Å². The van der Waals surface area contributed by atoms with Crippen molar-refractivity contribution in [3.8, 4) is 0 Å². The van der Waals surface area contributed by atoms with Gasteiger partial charge in [-0.05, 0) is 46.0 Å². The quantitative estimate of drug-likeness (QED) is 0.787. The lowest BCUT2D eigenvalue weighted by atomic mass is 10.0. The maximum absolute atomic E-state index is 12.1. The number of thioether (sulfide) groups is 1. The number of aromatic nitrogens is 3. The number of rotatable bonds is 7. The standard InChI is InChI=1S/C15H24N4OS/c1-4-15(2,3)16-12(20)9-21-14-18-17-13(10-5-6-10)19(14)11-7-8-11/h10-11H,4-9H2,1-3H3,(H,16,20). The number of nitrogens with zero attached hydrogens (tertiary/aromatic N) is 3. The molecule has 2 fully saturated rings. The van der Waals surface area contributed by atoms with Crippen molar-refractivity contribution in [3.63, 3.8) is 0 Å². The molecule has 1 N–H and O–H groups in total. The molecule has 0 atom stereocenters. The van der Waals surface area contributed by atoms with Crippen molar-refractivity contribution in [2.75, 3.05) is 5.75 Å². The van der Waals surface area contributed by atoms with Crippen molar-refractivity contribution in [1.29, 1.82) is 0 Å². The van der Waals surface area contributed by atoms with Gasteiger partial charge in [-0.1, -0.05) is 18.7 Å². The molecule has 2 aliphatic carbocycles. The van der Waals surface area contributed by atoms with Crippen molar-refractivity contribution in [2.24, 2.45) is 0 Å². The van der Waals surface area contributed by atoms with Crippen molar-refractivity contribution < 1.29 is 4.79 Å². The van der Waals surface area contributed by atoms with E-state index >= 15 is 0 Å². The fourth-order valence-corrected chi connectivity index (χ4v) is 3.13. The van der Waals surface area contributed by atoms with Crippen LogP contribution >= 0.6 is 11.8 Å². The van der Waals surface area contributed by atoms with E-state index in [-0.39, 0.29) is 11.4 Å². The zero-order valence-corrected chi connectivity index (χ0v) is 13.9. The Hall–Kier alpha value is -1.04. The van der Waals surface area contributed by atoms with Crippen molar-refractivity contribution in [3.05, 3.63) is 5.82 Å². The fourth-order valence-electron chi connectivity index (χ4n) is 2.31. The minimum absolute atomic E-state index is 0.0742. The van der Waals surface area contributed by atoms with E-state index in [2.05, 4.69) is 27.0 Å². The van der Waals surface area contributed by atoms with E-state index in [0.717, 1.165) is 17.4 Å². The lowest BCUT2D eigenvalue weighted by Gasteiger charge is -2.24. The second kappa shape index (κ2) is 5.63. The molecule has 0 unspecified atom stereocenters. The zero-order valence-electron chi connectivity index (χ0n) is 13.1. The van der Waals surface area contributed by atoms with Crippen LogP contribution in [-0.2, 0) is 4.79 Å². The van der Waals surface area contributed by atoms with Gasteiger partial charge in [-0.25, -0.2) is 0 Å². The highest BCUT2D eigenvalue weighted by atomic mass is 32.2. The molecule has 1 aromatic rings. The summed E-state index contributed by atoms with van der Waals surface area (Å²) < 4.78 is 2.29. The number of carbonyl (C=O) groups is 1. The molecule has 116 valence electrons. The second-order valence-corrected chi connectivity index (χ2v) is 7.73. The van der Waals surface area contributed by atoms with Crippen LogP contribution < -0.4 is 5.32 Å². The Bertz CT molecular complexity index is 532. The van der Waals surface area contributed by atoms with Crippen LogP contribution in [-0.4, -0.2) is 32.0 Å². The van der Waals surface area contributed by atoms with Gasteiger partial charge in [0.25, 0.3) is 0 Å². The van der Waals surface area contributed by atoms with Crippen molar-refractivity contribution in [1.82, 2.24) is 20.1 Å². The van der Waals surface area contributed by atoms with E-state index in [4.69, 9.17) is 0 Å². The average molecular weight is 308 g/mol. The summed E-state index contributed by atoms with van der Waals surface area (Å²) >= 11 is 1.52. The van der Waals surface area contributed by atoms with Gasteiger partial charge in [0.05, 0.1) is 5.75 Å². The van der Waals surface area contributed by atoms with Gasteiger partial charge in [0.2, 0.25) is 5.91 Å². The van der Waals surface area contributed by atoms with Gasteiger partial charge in [-0.15, -0.1) is 10.2 Å². The number of hydrogen-bond donors (Lipinski definition) is 1. The predicted molar refractivity (Wildman–Crippen MR) is 83.5 cm³/mol. The molecule has 5 nitrogen and oxygen atoms in total. The van der Waals surface area contributed by atoms with Gasteiger partial charge >= 0.3 is 0 Å². The average Bonchev–Trinajstić information content (AvgIpc) is 3.34. The maximum atomic E-state index is 12.1. The molecule has 6 heteroatoms. The highest BCUT2D eigenvalue weighted by Crippen LogP contribution is 2.45. The van der Waals surface area contributed by atoms with Crippen LogP contribution in [0.2, 0.25) is 0 Å². The van der Waals surface area contributed by atoms with Crippen LogP contribution in [0.25, 0.3) is 0 Å². The van der Waals surface area contributed by atoms with Crippen LogP contribution in [0, 0.1) is 0 Å². The highest BCUT2D eigenvalue weighted by Gasteiger charge is 2.36. The Morgan fingerprint density at radius 3 is 2.62 bits per heavy atom. The predicted octanol–water partition coefficient (Wildman–Crippen LogP) is 2.89. The zero-order chi connectivity index (χ0) is 15.0. The van der Waals surface area contributed by atoms with Crippen LogP contribution in [0.5, 0.6) is 0 Å². The first kappa shape index (κ1) is 14.9. The molecule has 2 aliphatic rings. The van der Waals surface area contributed by atoms with E-state index in [0.29, 0.717) is 17.7 Å². The Morgan fingerprint density at radius 2 is 2.05 bits per heavy atom. The highest BCUT2D eigenvalue weighted by molar-refractivity contribution is 7.99. The third-order valence-corrected chi connectivity index (χ3v) is 5.18. The molecule has 0 aromatic carbocycles. The molecule has 0 spiro atoms. The molecule has 1 amide bonds. The van der Waals surface area contributed by atoms with Crippen molar-refractivity contribution >= 4 is 17.7 Å². The molecule has 21 heavy (non-hydrogen) atoms. The summed E-state index contributed by atoms with van der Waals surface area (Å²) in [5, 5.41) is 12.7. The van der Waals surface area contributed by atoms with Crippen LogP contribution in [0.4, 0.5) is 0 Å². The third-order valence-electron chi connectivity index (χ3n) is 4.24. The lowest BCUT2D eigenvalue weighted by Crippen LogP contribution is -2.43. The number of nitrogens with one attached hydrogen (secondary N) is 1. The monoisotopic (exact) mass is 308 g/mol. The Balaban J connectivity index is 1.61. The van der Waals surface area contributed by atoms with Gasteiger partial charge in [-0.2, -0.15) is 0 Å². The van der Waals surface area contributed by atoms with E-state index < -0.39 is 0 Å². The van der Waals surface area contributed by atoms with Crippen LogP contribution in [0.1, 0.15) is 70.7 Å². The Kier molecular flexibility index (Phi) is 3.99. The summed E-state index contributed by atoms with van der Waals surface area (Å²) in [5.41, 5.74) is -0.138. The SMILES string of the molecule is CCC(C)(C)NC(=O)CSc1nnc(C2CC2)n1C1CC1. The molecule has 0 radical (unpaired) electrons. The first-order chi connectivity index (χ1) is 10.00. The first-order valence-electron chi connectivity index (χ1n) is 7.89. The smallest absolute Gasteiger partial charge is 0.230 e. The Labute approximate surface area is 130 Å². The first-order valence-corrected chi connectivity index (χ1v) is 8.87. The lowest BCUT2D eigenvalue weighted by molar-refractivity contribution is -0.120. The van der Waals surface area contributed by atoms with E-state index in [9.17, 15) is 4.79 Å². The second-order valence-electron chi connectivity index (χ2n) is 6.79. The van der Waals surface area contributed by atoms with Crippen LogP contribution in [0.15, 0.2) is 5.16 Å². The van der Waals surface area contributed by atoms with E-state index in [1.807, 2.05) is 13.8 Å². The van der Waals surface area contributed by atoms with Crippen molar-refractivity contribution in [2.45, 2.75) is 75.5 Å². The summed E-state index contributed by atoms with van der Waals surface area (Å²) in [7, 11) is 0. The van der Waals surface area contributed by atoms with Crippen LogP contribution in [0.3, 0.4) is 0 Å². The fraction of sp³-hybridized carbons (Fsp3) is 0.800. The van der Waals surface area contributed by atoms with Gasteiger partial charge in [0.1, 0.15) is 5.82 Å². The molecule has 0 bridgehead atoms. The number of hydrogen-bond acceptors (Lipinski definition) is 4.